The normalized spacial score (nSPS) is 15.5. The number of halogens is 1. The second kappa shape index (κ2) is 7.16. The van der Waals surface area contributed by atoms with Crippen molar-refractivity contribution >= 4 is 22.6 Å². The number of aromatic nitrogens is 1. The Kier molecular flexibility index (Phi) is 4.97. The lowest BCUT2D eigenvalue weighted by Crippen LogP contribution is -2.24. The van der Waals surface area contributed by atoms with Crippen LogP contribution in [0.4, 0.5) is 10.1 Å². The SMILES string of the molecule is COC(=O)Cc1c(C)nc2ccc(F)cc2c1NC1CCCCC1. The number of hydrogen-bond acceptors (Lipinski definition) is 4. The first-order chi connectivity index (χ1) is 11.6. The maximum Gasteiger partial charge on any atom is 0.310 e. The Bertz CT molecular complexity index is 755. The Labute approximate surface area is 141 Å². The zero-order chi connectivity index (χ0) is 17.1. The first-order valence-corrected chi connectivity index (χ1v) is 8.50. The number of benzene rings is 1. The number of methoxy groups -OCH3 is 1. The molecular formula is C19H23FN2O2. The van der Waals surface area contributed by atoms with Crippen molar-refractivity contribution in [1.29, 1.82) is 0 Å². The van der Waals surface area contributed by atoms with E-state index in [0.29, 0.717) is 6.04 Å². The number of hydrogen-bond donors (Lipinski definition) is 1. The van der Waals surface area contributed by atoms with Gasteiger partial charge in [-0.3, -0.25) is 9.78 Å². The smallest absolute Gasteiger partial charge is 0.310 e. The van der Waals surface area contributed by atoms with Gasteiger partial charge in [0, 0.05) is 28.4 Å². The molecule has 0 saturated heterocycles. The number of anilines is 1. The minimum absolute atomic E-state index is 0.136. The van der Waals surface area contributed by atoms with Gasteiger partial charge in [-0.25, -0.2) is 4.39 Å². The quantitative estimate of drug-likeness (QED) is 0.856. The van der Waals surface area contributed by atoms with E-state index < -0.39 is 0 Å². The molecule has 0 amide bonds. The highest BCUT2D eigenvalue weighted by molar-refractivity contribution is 5.95. The van der Waals surface area contributed by atoms with Crippen molar-refractivity contribution in [1.82, 2.24) is 4.98 Å². The molecule has 0 aliphatic heterocycles. The molecule has 0 spiro atoms. The minimum Gasteiger partial charge on any atom is -0.469 e. The van der Waals surface area contributed by atoms with Crippen molar-refractivity contribution in [2.45, 2.75) is 51.5 Å². The van der Waals surface area contributed by atoms with E-state index in [1.807, 2.05) is 6.92 Å². The zero-order valence-corrected chi connectivity index (χ0v) is 14.2. The summed E-state index contributed by atoms with van der Waals surface area (Å²) in [5.41, 5.74) is 3.14. The molecule has 1 aliphatic rings. The molecule has 4 nitrogen and oxygen atoms in total. The average Bonchev–Trinajstić information content (AvgIpc) is 2.59. The number of nitrogens with one attached hydrogen (secondary N) is 1. The molecule has 0 unspecified atom stereocenters. The Morgan fingerprint density at radius 3 is 2.79 bits per heavy atom. The number of ether oxygens (including phenoxy) is 1. The lowest BCUT2D eigenvalue weighted by Gasteiger charge is -2.26. The summed E-state index contributed by atoms with van der Waals surface area (Å²) in [5, 5.41) is 4.30. The van der Waals surface area contributed by atoms with Crippen molar-refractivity contribution in [3.63, 3.8) is 0 Å². The van der Waals surface area contributed by atoms with E-state index in [1.54, 1.807) is 6.07 Å². The molecule has 3 rings (SSSR count). The van der Waals surface area contributed by atoms with Gasteiger partial charge in [0.15, 0.2) is 0 Å². The second-order valence-corrected chi connectivity index (χ2v) is 6.44. The standard InChI is InChI=1S/C19H23FN2O2/c1-12-15(11-18(23)24-2)19(22-14-6-4-3-5-7-14)16-10-13(20)8-9-17(16)21-12/h8-10,14H,3-7,11H2,1-2H3,(H,21,22). The summed E-state index contributed by atoms with van der Waals surface area (Å²) >= 11 is 0. The lowest BCUT2D eigenvalue weighted by molar-refractivity contribution is -0.139. The number of esters is 1. The van der Waals surface area contributed by atoms with Crippen LogP contribution in [0.3, 0.4) is 0 Å². The fourth-order valence-corrected chi connectivity index (χ4v) is 3.45. The van der Waals surface area contributed by atoms with Gasteiger partial charge in [0.2, 0.25) is 0 Å². The predicted molar refractivity (Wildman–Crippen MR) is 92.7 cm³/mol. The first-order valence-electron chi connectivity index (χ1n) is 8.50. The van der Waals surface area contributed by atoms with E-state index in [2.05, 4.69) is 10.3 Å². The van der Waals surface area contributed by atoms with Crippen molar-refractivity contribution in [2.24, 2.45) is 0 Å². The number of rotatable bonds is 4. The van der Waals surface area contributed by atoms with E-state index in [4.69, 9.17) is 4.74 Å². The molecule has 1 N–H and O–H groups in total. The van der Waals surface area contributed by atoms with E-state index in [9.17, 15) is 9.18 Å². The van der Waals surface area contributed by atoms with Gasteiger partial charge >= 0.3 is 5.97 Å². The van der Waals surface area contributed by atoms with Crippen molar-refractivity contribution < 1.29 is 13.9 Å². The van der Waals surface area contributed by atoms with E-state index in [0.717, 1.165) is 40.7 Å². The van der Waals surface area contributed by atoms with Crippen LogP contribution < -0.4 is 5.32 Å². The summed E-state index contributed by atoms with van der Waals surface area (Å²) in [4.78, 5) is 16.4. The fourth-order valence-electron chi connectivity index (χ4n) is 3.45. The van der Waals surface area contributed by atoms with Crippen LogP contribution in [-0.2, 0) is 16.0 Å². The number of pyridine rings is 1. The van der Waals surface area contributed by atoms with Crippen LogP contribution in [-0.4, -0.2) is 24.1 Å². The maximum atomic E-state index is 13.8. The molecule has 2 aromatic rings. The Balaban J connectivity index is 2.09. The molecule has 0 atom stereocenters. The summed E-state index contributed by atoms with van der Waals surface area (Å²) in [6.07, 6.45) is 5.97. The number of aryl methyl sites for hydroxylation is 1. The Morgan fingerprint density at radius 2 is 2.08 bits per heavy atom. The third-order valence-electron chi connectivity index (χ3n) is 4.76. The molecule has 0 radical (unpaired) electrons. The van der Waals surface area contributed by atoms with Gasteiger partial charge in [-0.15, -0.1) is 0 Å². The average molecular weight is 330 g/mol. The fraction of sp³-hybridized carbons (Fsp3) is 0.474. The monoisotopic (exact) mass is 330 g/mol. The largest absolute Gasteiger partial charge is 0.469 e. The highest BCUT2D eigenvalue weighted by Gasteiger charge is 2.20. The van der Waals surface area contributed by atoms with Gasteiger partial charge < -0.3 is 10.1 Å². The predicted octanol–water partition coefficient (Wildman–Crippen LogP) is 4.14. The molecule has 1 saturated carbocycles. The van der Waals surface area contributed by atoms with E-state index >= 15 is 0 Å². The summed E-state index contributed by atoms with van der Waals surface area (Å²) in [5.74, 6) is -0.619. The number of carbonyl (C=O) groups is 1. The highest BCUT2D eigenvalue weighted by Crippen LogP contribution is 2.32. The first kappa shape index (κ1) is 16.7. The minimum atomic E-state index is -0.317. The van der Waals surface area contributed by atoms with Gasteiger partial charge in [0.05, 0.1) is 19.0 Å². The molecule has 1 fully saturated rings. The summed E-state index contributed by atoms with van der Waals surface area (Å²) in [6, 6.07) is 4.95. The highest BCUT2D eigenvalue weighted by atomic mass is 19.1. The topological polar surface area (TPSA) is 51.2 Å². The number of fused-ring (bicyclic) bond motifs is 1. The van der Waals surface area contributed by atoms with Crippen LogP contribution in [0.5, 0.6) is 0 Å². The van der Waals surface area contributed by atoms with Crippen LogP contribution in [0, 0.1) is 12.7 Å². The molecule has 1 aromatic carbocycles. The third kappa shape index (κ3) is 3.50. The number of carbonyl (C=O) groups excluding carboxylic acids is 1. The van der Waals surface area contributed by atoms with Crippen LogP contribution in [0.15, 0.2) is 18.2 Å². The summed E-state index contributed by atoms with van der Waals surface area (Å²) in [6.45, 7) is 1.88. The van der Waals surface area contributed by atoms with Crippen LogP contribution >= 0.6 is 0 Å². The molecular weight excluding hydrogens is 307 g/mol. The van der Waals surface area contributed by atoms with Crippen molar-refractivity contribution in [2.75, 3.05) is 12.4 Å². The molecule has 1 heterocycles. The second-order valence-electron chi connectivity index (χ2n) is 6.44. The molecule has 1 aliphatic carbocycles. The van der Waals surface area contributed by atoms with Gasteiger partial charge in [0.25, 0.3) is 0 Å². The zero-order valence-electron chi connectivity index (χ0n) is 14.2. The van der Waals surface area contributed by atoms with Gasteiger partial charge in [0.1, 0.15) is 5.82 Å². The Hall–Kier alpha value is -2.17. The lowest BCUT2D eigenvalue weighted by atomic mass is 9.94. The van der Waals surface area contributed by atoms with E-state index in [1.165, 1.54) is 38.5 Å². The number of nitrogens with zero attached hydrogens (tertiary/aromatic N) is 1. The van der Waals surface area contributed by atoms with Crippen molar-refractivity contribution in [3.05, 3.63) is 35.3 Å². The molecule has 24 heavy (non-hydrogen) atoms. The van der Waals surface area contributed by atoms with Gasteiger partial charge in [-0.1, -0.05) is 19.3 Å². The van der Waals surface area contributed by atoms with Gasteiger partial charge in [-0.05, 0) is 38.0 Å². The molecule has 1 aromatic heterocycles. The maximum absolute atomic E-state index is 13.8. The van der Waals surface area contributed by atoms with Crippen LogP contribution in [0.1, 0.15) is 43.4 Å². The van der Waals surface area contributed by atoms with Crippen LogP contribution in [0.25, 0.3) is 10.9 Å². The van der Waals surface area contributed by atoms with Crippen molar-refractivity contribution in [3.8, 4) is 0 Å². The van der Waals surface area contributed by atoms with E-state index in [-0.39, 0.29) is 18.2 Å². The third-order valence-corrected chi connectivity index (χ3v) is 4.76. The summed E-state index contributed by atoms with van der Waals surface area (Å²) < 4.78 is 18.6. The Morgan fingerprint density at radius 1 is 1.33 bits per heavy atom. The summed E-state index contributed by atoms with van der Waals surface area (Å²) in [7, 11) is 1.38. The van der Waals surface area contributed by atoms with Crippen LogP contribution in [0.2, 0.25) is 0 Å². The molecule has 0 bridgehead atoms. The molecule has 128 valence electrons. The van der Waals surface area contributed by atoms with Gasteiger partial charge in [-0.2, -0.15) is 0 Å². The molecule has 5 heteroatoms.